The summed E-state index contributed by atoms with van der Waals surface area (Å²) in [7, 11) is 0. The Hall–Kier alpha value is -1.60. The molecule has 1 fully saturated rings. The van der Waals surface area contributed by atoms with Crippen molar-refractivity contribution in [2.75, 3.05) is 18.0 Å². The number of hydrogen-bond acceptors (Lipinski definition) is 4. The molecule has 1 aromatic heterocycles. The van der Waals surface area contributed by atoms with Crippen molar-refractivity contribution in [3.8, 4) is 12.3 Å². The SMILES string of the molecule is C#CCN(CC1CC1)c1ncc(CNC(C)(C)C)c(C)n1. The summed E-state index contributed by atoms with van der Waals surface area (Å²) >= 11 is 0. The lowest BCUT2D eigenvalue weighted by Crippen LogP contribution is -2.35. The van der Waals surface area contributed by atoms with Crippen LogP contribution in [0.4, 0.5) is 5.95 Å². The molecule has 0 atom stereocenters. The molecule has 1 aliphatic rings. The Balaban J connectivity index is 2.07. The number of anilines is 1. The minimum atomic E-state index is 0.0899. The highest BCUT2D eigenvalue weighted by atomic mass is 15.2. The highest BCUT2D eigenvalue weighted by molar-refractivity contribution is 5.35. The van der Waals surface area contributed by atoms with Crippen molar-refractivity contribution in [3.05, 3.63) is 17.5 Å². The summed E-state index contributed by atoms with van der Waals surface area (Å²) < 4.78 is 0. The van der Waals surface area contributed by atoms with Crippen LogP contribution in [-0.4, -0.2) is 28.6 Å². The first-order valence-corrected chi connectivity index (χ1v) is 7.65. The molecule has 1 heterocycles. The molecule has 1 aliphatic carbocycles. The van der Waals surface area contributed by atoms with Crippen molar-refractivity contribution in [1.82, 2.24) is 15.3 Å². The topological polar surface area (TPSA) is 41.1 Å². The molecular formula is C17H26N4. The second kappa shape index (κ2) is 6.44. The van der Waals surface area contributed by atoms with Crippen LogP contribution in [0.3, 0.4) is 0 Å². The highest BCUT2D eigenvalue weighted by Crippen LogP contribution is 2.30. The van der Waals surface area contributed by atoms with Gasteiger partial charge in [-0.1, -0.05) is 5.92 Å². The minimum Gasteiger partial charge on any atom is -0.329 e. The van der Waals surface area contributed by atoms with Crippen LogP contribution in [0.1, 0.15) is 44.9 Å². The molecule has 0 amide bonds. The summed E-state index contributed by atoms with van der Waals surface area (Å²) in [5.41, 5.74) is 2.25. The van der Waals surface area contributed by atoms with Crippen molar-refractivity contribution in [3.63, 3.8) is 0 Å². The van der Waals surface area contributed by atoms with Gasteiger partial charge in [0, 0.05) is 36.1 Å². The van der Waals surface area contributed by atoms with E-state index >= 15 is 0 Å². The fourth-order valence-corrected chi connectivity index (χ4v) is 2.11. The second-order valence-corrected chi connectivity index (χ2v) is 6.91. The Morgan fingerprint density at radius 2 is 2.14 bits per heavy atom. The lowest BCUT2D eigenvalue weighted by molar-refractivity contribution is 0.423. The number of nitrogens with one attached hydrogen (secondary N) is 1. The van der Waals surface area contributed by atoms with Crippen molar-refractivity contribution >= 4 is 5.95 Å². The maximum absolute atomic E-state index is 5.47. The Morgan fingerprint density at radius 1 is 1.43 bits per heavy atom. The number of hydrogen-bond donors (Lipinski definition) is 1. The first-order chi connectivity index (χ1) is 9.89. The van der Waals surface area contributed by atoms with Crippen LogP contribution in [0.2, 0.25) is 0 Å². The summed E-state index contributed by atoms with van der Waals surface area (Å²) in [6.45, 7) is 10.8. The average molecular weight is 286 g/mol. The molecule has 0 spiro atoms. The highest BCUT2D eigenvalue weighted by Gasteiger charge is 2.25. The molecule has 0 aromatic carbocycles. The lowest BCUT2D eigenvalue weighted by atomic mass is 10.1. The molecule has 1 saturated carbocycles. The largest absolute Gasteiger partial charge is 0.329 e. The normalized spacial score (nSPS) is 14.8. The smallest absolute Gasteiger partial charge is 0.226 e. The van der Waals surface area contributed by atoms with E-state index in [1.165, 1.54) is 12.8 Å². The van der Waals surface area contributed by atoms with Crippen LogP contribution < -0.4 is 10.2 Å². The number of rotatable bonds is 6. The molecule has 1 aromatic rings. The zero-order valence-corrected chi connectivity index (χ0v) is 13.6. The Kier molecular flexibility index (Phi) is 4.84. The molecule has 114 valence electrons. The molecule has 2 rings (SSSR count). The van der Waals surface area contributed by atoms with Gasteiger partial charge in [-0.25, -0.2) is 9.97 Å². The van der Waals surface area contributed by atoms with Gasteiger partial charge in [-0.15, -0.1) is 6.42 Å². The number of nitrogens with zero attached hydrogens (tertiary/aromatic N) is 3. The van der Waals surface area contributed by atoms with E-state index in [1.807, 2.05) is 13.1 Å². The first kappa shape index (κ1) is 15.8. The fourth-order valence-electron chi connectivity index (χ4n) is 2.11. The van der Waals surface area contributed by atoms with Gasteiger partial charge < -0.3 is 10.2 Å². The molecule has 1 N–H and O–H groups in total. The molecular weight excluding hydrogens is 260 g/mol. The molecule has 0 saturated heterocycles. The Bertz CT molecular complexity index is 521. The standard InChI is InChI=1S/C17H26N4/c1-6-9-21(12-14-7-8-14)16-18-10-15(13(2)20-16)11-19-17(3,4)5/h1,10,14,19H,7-9,11-12H2,2-5H3. The molecule has 0 bridgehead atoms. The molecule has 21 heavy (non-hydrogen) atoms. The van der Waals surface area contributed by atoms with E-state index in [2.05, 4.69) is 46.9 Å². The third-order valence-corrected chi connectivity index (χ3v) is 3.62. The maximum atomic E-state index is 5.47. The average Bonchev–Trinajstić information content (AvgIpc) is 3.20. The van der Waals surface area contributed by atoms with Crippen LogP contribution in [-0.2, 0) is 6.54 Å². The summed E-state index contributed by atoms with van der Waals surface area (Å²) in [6.07, 6.45) is 9.99. The summed E-state index contributed by atoms with van der Waals surface area (Å²) in [5.74, 6) is 4.24. The van der Waals surface area contributed by atoms with Crippen molar-refractivity contribution in [2.24, 2.45) is 5.92 Å². The van der Waals surface area contributed by atoms with Gasteiger partial charge in [-0.2, -0.15) is 0 Å². The summed E-state index contributed by atoms with van der Waals surface area (Å²) in [4.78, 5) is 11.3. The third kappa shape index (κ3) is 5.02. The zero-order valence-electron chi connectivity index (χ0n) is 13.6. The fraction of sp³-hybridized carbons (Fsp3) is 0.647. The molecule has 4 nitrogen and oxygen atoms in total. The molecule has 0 radical (unpaired) electrons. The van der Waals surface area contributed by atoms with E-state index in [0.717, 1.165) is 36.2 Å². The number of aromatic nitrogens is 2. The van der Waals surface area contributed by atoms with E-state index < -0.39 is 0 Å². The molecule has 4 heteroatoms. The molecule has 0 aliphatic heterocycles. The van der Waals surface area contributed by atoms with Crippen LogP contribution in [0, 0.1) is 25.2 Å². The third-order valence-electron chi connectivity index (χ3n) is 3.62. The Morgan fingerprint density at radius 3 is 2.67 bits per heavy atom. The van der Waals surface area contributed by atoms with E-state index in [4.69, 9.17) is 6.42 Å². The summed E-state index contributed by atoms with van der Waals surface area (Å²) in [5, 5.41) is 3.47. The second-order valence-electron chi connectivity index (χ2n) is 6.91. The van der Waals surface area contributed by atoms with E-state index in [9.17, 15) is 0 Å². The predicted octanol–water partition coefficient (Wildman–Crippen LogP) is 2.52. The van der Waals surface area contributed by atoms with E-state index in [0.29, 0.717) is 6.54 Å². The van der Waals surface area contributed by atoms with Gasteiger partial charge in [0.05, 0.1) is 6.54 Å². The van der Waals surface area contributed by atoms with Crippen molar-refractivity contribution in [1.29, 1.82) is 0 Å². The lowest BCUT2D eigenvalue weighted by Gasteiger charge is -2.23. The van der Waals surface area contributed by atoms with Gasteiger partial charge >= 0.3 is 0 Å². The predicted molar refractivity (Wildman–Crippen MR) is 87.1 cm³/mol. The zero-order chi connectivity index (χ0) is 15.5. The Labute approximate surface area is 128 Å². The van der Waals surface area contributed by atoms with Gasteiger partial charge in [-0.3, -0.25) is 0 Å². The number of terminal acetylenes is 1. The van der Waals surface area contributed by atoms with E-state index in [-0.39, 0.29) is 5.54 Å². The van der Waals surface area contributed by atoms with Gasteiger partial charge in [0.25, 0.3) is 0 Å². The van der Waals surface area contributed by atoms with Crippen LogP contribution >= 0.6 is 0 Å². The van der Waals surface area contributed by atoms with Gasteiger partial charge in [0.1, 0.15) is 0 Å². The van der Waals surface area contributed by atoms with Gasteiger partial charge in [0.2, 0.25) is 5.95 Å². The number of aryl methyl sites for hydroxylation is 1. The van der Waals surface area contributed by atoms with E-state index in [1.54, 1.807) is 0 Å². The monoisotopic (exact) mass is 286 g/mol. The van der Waals surface area contributed by atoms with Crippen molar-refractivity contribution < 1.29 is 0 Å². The van der Waals surface area contributed by atoms with Crippen molar-refractivity contribution in [2.45, 2.75) is 52.6 Å². The first-order valence-electron chi connectivity index (χ1n) is 7.65. The maximum Gasteiger partial charge on any atom is 0.226 e. The minimum absolute atomic E-state index is 0.0899. The summed E-state index contributed by atoms with van der Waals surface area (Å²) in [6, 6.07) is 0. The van der Waals surface area contributed by atoms with Crippen LogP contribution in [0.15, 0.2) is 6.20 Å². The molecule has 0 unspecified atom stereocenters. The quantitative estimate of drug-likeness (QED) is 0.816. The van der Waals surface area contributed by atoms with Gasteiger partial charge in [-0.05, 0) is 46.5 Å². The van der Waals surface area contributed by atoms with Gasteiger partial charge in [0.15, 0.2) is 0 Å². The van der Waals surface area contributed by atoms with Crippen LogP contribution in [0.25, 0.3) is 0 Å². The van der Waals surface area contributed by atoms with Crippen LogP contribution in [0.5, 0.6) is 0 Å².